The number of aromatic nitrogens is 2. The number of nitrogens with two attached hydrogens (primary N) is 1. The van der Waals surface area contributed by atoms with Gasteiger partial charge < -0.3 is 15.4 Å². The third-order valence-corrected chi connectivity index (χ3v) is 4.02. The maximum atomic E-state index is 12.2. The van der Waals surface area contributed by atoms with Crippen LogP contribution in [0.25, 0.3) is 0 Å². The first kappa shape index (κ1) is 14.5. The Bertz CT molecular complexity index is 491. The third kappa shape index (κ3) is 3.34. The Balaban J connectivity index is 2.22. The molecule has 19 heavy (non-hydrogen) atoms. The molecule has 1 fully saturated rings. The molecule has 0 saturated carbocycles. The average Bonchev–Trinajstić information content (AvgIpc) is 2.40. The van der Waals surface area contributed by atoms with E-state index >= 15 is 0 Å². The average molecular weight is 331 g/mol. The predicted molar refractivity (Wildman–Crippen MR) is 77.5 cm³/mol. The van der Waals surface area contributed by atoms with Crippen molar-refractivity contribution in [2.45, 2.75) is 25.4 Å². The number of ether oxygens (including phenoxy) is 1. The van der Waals surface area contributed by atoms with Gasteiger partial charge in [0.15, 0.2) is 0 Å². The highest BCUT2D eigenvalue weighted by Gasteiger charge is 2.20. The van der Waals surface area contributed by atoms with Crippen LogP contribution in [-0.4, -0.2) is 42.6 Å². The molecule has 106 valence electrons. The first-order chi connectivity index (χ1) is 9.13. The summed E-state index contributed by atoms with van der Waals surface area (Å²) in [4.78, 5) is 14.3. The summed E-state index contributed by atoms with van der Waals surface area (Å²) in [5.74, 6) is 0. The first-order valence-electron chi connectivity index (χ1n) is 6.38. The molecule has 1 aliphatic rings. The molecule has 0 amide bonds. The Morgan fingerprint density at radius 2 is 2.42 bits per heavy atom. The Kier molecular flexibility index (Phi) is 4.95. The van der Waals surface area contributed by atoms with Crippen LogP contribution in [0.5, 0.6) is 0 Å². The number of rotatable bonds is 4. The quantitative estimate of drug-likeness (QED) is 0.874. The van der Waals surface area contributed by atoms with Gasteiger partial charge in [-0.05, 0) is 28.8 Å². The van der Waals surface area contributed by atoms with Crippen molar-refractivity contribution in [2.24, 2.45) is 5.73 Å². The Morgan fingerprint density at radius 1 is 1.63 bits per heavy atom. The van der Waals surface area contributed by atoms with Crippen LogP contribution in [0.15, 0.2) is 15.5 Å². The number of piperidine rings is 1. The second kappa shape index (κ2) is 6.49. The van der Waals surface area contributed by atoms with Gasteiger partial charge in [0.05, 0.1) is 25.0 Å². The van der Waals surface area contributed by atoms with Gasteiger partial charge in [-0.1, -0.05) is 0 Å². The summed E-state index contributed by atoms with van der Waals surface area (Å²) in [6.07, 6.45) is 3.80. The van der Waals surface area contributed by atoms with Gasteiger partial charge >= 0.3 is 0 Å². The fourth-order valence-corrected chi connectivity index (χ4v) is 2.80. The summed E-state index contributed by atoms with van der Waals surface area (Å²) in [5.41, 5.74) is 6.67. The van der Waals surface area contributed by atoms with E-state index in [4.69, 9.17) is 10.5 Å². The molecule has 0 spiro atoms. The largest absolute Gasteiger partial charge is 0.383 e. The van der Waals surface area contributed by atoms with E-state index in [1.54, 1.807) is 13.3 Å². The van der Waals surface area contributed by atoms with Gasteiger partial charge in [0.25, 0.3) is 5.56 Å². The van der Waals surface area contributed by atoms with Gasteiger partial charge in [-0.15, -0.1) is 0 Å². The second-order valence-electron chi connectivity index (χ2n) is 4.71. The standard InChI is InChI=1S/C12H19BrN4O2/c1-19-6-5-17-12(18)11(13)10(7-15-17)16-4-2-3-9(14)8-16/h7,9H,2-6,8,14H2,1H3. The number of anilines is 1. The number of halogens is 1. The van der Waals surface area contributed by atoms with Crippen LogP contribution >= 0.6 is 15.9 Å². The Labute approximate surface area is 120 Å². The van der Waals surface area contributed by atoms with Crippen LogP contribution in [0.4, 0.5) is 5.69 Å². The lowest BCUT2D eigenvalue weighted by molar-refractivity contribution is 0.181. The summed E-state index contributed by atoms with van der Waals surface area (Å²) in [6.45, 7) is 2.60. The Hall–Kier alpha value is -0.920. The number of hydrogen-bond donors (Lipinski definition) is 1. The summed E-state index contributed by atoms with van der Waals surface area (Å²) in [5, 5.41) is 4.19. The number of nitrogens with zero attached hydrogens (tertiary/aromatic N) is 3. The molecule has 1 aromatic rings. The fourth-order valence-electron chi connectivity index (χ4n) is 2.24. The first-order valence-corrected chi connectivity index (χ1v) is 7.18. The lowest BCUT2D eigenvalue weighted by Crippen LogP contribution is -2.43. The number of hydrogen-bond acceptors (Lipinski definition) is 5. The molecule has 2 heterocycles. The van der Waals surface area contributed by atoms with Crippen molar-refractivity contribution in [1.29, 1.82) is 0 Å². The monoisotopic (exact) mass is 330 g/mol. The highest BCUT2D eigenvalue weighted by Crippen LogP contribution is 2.24. The van der Waals surface area contributed by atoms with E-state index < -0.39 is 0 Å². The lowest BCUT2D eigenvalue weighted by Gasteiger charge is -2.32. The summed E-state index contributed by atoms with van der Waals surface area (Å²) in [7, 11) is 1.60. The maximum Gasteiger partial charge on any atom is 0.283 e. The van der Waals surface area contributed by atoms with Crippen LogP contribution in [0, 0.1) is 0 Å². The summed E-state index contributed by atoms with van der Waals surface area (Å²) in [6, 6.07) is 0.163. The highest BCUT2D eigenvalue weighted by atomic mass is 79.9. The SMILES string of the molecule is COCCn1ncc(N2CCCC(N)C2)c(Br)c1=O. The molecule has 7 heteroatoms. The molecule has 1 unspecified atom stereocenters. The van der Waals surface area contributed by atoms with Crippen LogP contribution in [-0.2, 0) is 11.3 Å². The smallest absolute Gasteiger partial charge is 0.283 e. The fraction of sp³-hybridized carbons (Fsp3) is 0.667. The molecule has 0 aliphatic carbocycles. The molecule has 6 nitrogen and oxygen atoms in total. The molecule has 1 saturated heterocycles. The van der Waals surface area contributed by atoms with E-state index in [1.165, 1.54) is 4.68 Å². The molecule has 0 bridgehead atoms. The Morgan fingerprint density at radius 3 is 3.11 bits per heavy atom. The predicted octanol–water partition coefficient (Wildman–Crippen LogP) is 0.580. The van der Waals surface area contributed by atoms with Crippen molar-refractivity contribution in [2.75, 3.05) is 31.7 Å². The zero-order valence-corrected chi connectivity index (χ0v) is 12.6. The van der Waals surface area contributed by atoms with Gasteiger partial charge in [-0.2, -0.15) is 5.10 Å². The summed E-state index contributed by atoms with van der Waals surface area (Å²) < 4.78 is 6.91. The van der Waals surface area contributed by atoms with Gasteiger partial charge in [-0.25, -0.2) is 4.68 Å². The van der Waals surface area contributed by atoms with E-state index in [9.17, 15) is 4.79 Å². The van der Waals surface area contributed by atoms with Crippen molar-refractivity contribution in [3.63, 3.8) is 0 Å². The van der Waals surface area contributed by atoms with Crippen molar-refractivity contribution < 1.29 is 4.74 Å². The van der Waals surface area contributed by atoms with E-state index in [1.807, 2.05) is 0 Å². The highest BCUT2D eigenvalue weighted by molar-refractivity contribution is 9.10. The second-order valence-corrected chi connectivity index (χ2v) is 5.51. The van der Waals surface area contributed by atoms with Crippen molar-refractivity contribution in [1.82, 2.24) is 9.78 Å². The summed E-state index contributed by atoms with van der Waals surface area (Å²) >= 11 is 3.38. The third-order valence-electron chi connectivity index (χ3n) is 3.27. The van der Waals surface area contributed by atoms with E-state index in [2.05, 4.69) is 25.9 Å². The zero-order chi connectivity index (χ0) is 13.8. The van der Waals surface area contributed by atoms with Crippen LogP contribution < -0.4 is 16.2 Å². The normalized spacial score (nSPS) is 19.7. The minimum atomic E-state index is -0.131. The van der Waals surface area contributed by atoms with Crippen molar-refractivity contribution >= 4 is 21.6 Å². The van der Waals surface area contributed by atoms with Crippen LogP contribution in [0.3, 0.4) is 0 Å². The molecule has 2 rings (SSSR count). The minimum absolute atomic E-state index is 0.131. The van der Waals surface area contributed by atoms with Crippen molar-refractivity contribution in [3.8, 4) is 0 Å². The van der Waals surface area contributed by atoms with E-state index in [0.717, 1.165) is 31.6 Å². The molecular weight excluding hydrogens is 312 g/mol. The zero-order valence-electron chi connectivity index (χ0n) is 11.0. The van der Waals surface area contributed by atoms with E-state index in [-0.39, 0.29) is 11.6 Å². The molecule has 1 aromatic heterocycles. The van der Waals surface area contributed by atoms with Crippen LogP contribution in [0.2, 0.25) is 0 Å². The van der Waals surface area contributed by atoms with E-state index in [0.29, 0.717) is 17.6 Å². The molecule has 0 aromatic carbocycles. The van der Waals surface area contributed by atoms with Gasteiger partial charge in [0.1, 0.15) is 4.47 Å². The lowest BCUT2D eigenvalue weighted by atomic mass is 10.1. The van der Waals surface area contributed by atoms with Gasteiger partial charge in [-0.3, -0.25) is 4.79 Å². The number of methoxy groups -OCH3 is 1. The molecule has 2 N–H and O–H groups in total. The van der Waals surface area contributed by atoms with Gasteiger partial charge in [0.2, 0.25) is 0 Å². The van der Waals surface area contributed by atoms with Crippen molar-refractivity contribution in [3.05, 3.63) is 21.0 Å². The molecule has 0 radical (unpaired) electrons. The molecule has 1 atom stereocenters. The topological polar surface area (TPSA) is 73.4 Å². The molecular formula is C12H19BrN4O2. The van der Waals surface area contributed by atoms with Crippen LogP contribution in [0.1, 0.15) is 12.8 Å². The maximum absolute atomic E-state index is 12.2. The minimum Gasteiger partial charge on any atom is -0.383 e. The van der Waals surface area contributed by atoms with Gasteiger partial charge in [0, 0.05) is 26.2 Å². The molecule has 1 aliphatic heterocycles.